The zero-order valence-electron chi connectivity index (χ0n) is 16.0. The van der Waals surface area contributed by atoms with E-state index in [-0.39, 0.29) is 5.91 Å². The molecule has 28 heavy (non-hydrogen) atoms. The topological polar surface area (TPSA) is 51.2 Å². The Hall–Kier alpha value is -2.85. The van der Waals surface area contributed by atoms with Gasteiger partial charge in [-0.15, -0.1) is 0 Å². The second-order valence-corrected chi connectivity index (χ2v) is 6.91. The van der Waals surface area contributed by atoms with Crippen molar-refractivity contribution < 1.29 is 9.53 Å². The Labute approximate surface area is 170 Å². The molecule has 1 heterocycles. The molecule has 0 aliphatic heterocycles. The fraction of sp³-hybridized carbons (Fsp3) is 0.217. The number of carbonyl (C=O) groups excluding carboxylic acids is 1. The summed E-state index contributed by atoms with van der Waals surface area (Å²) in [5.41, 5.74) is 3.91. The highest BCUT2D eigenvalue weighted by Gasteiger charge is 2.14. The zero-order valence-corrected chi connectivity index (χ0v) is 16.8. The molecule has 1 amide bonds. The van der Waals surface area contributed by atoms with Gasteiger partial charge in [0.25, 0.3) is 5.91 Å². The van der Waals surface area contributed by atoms with Crippen LogP contribution in [0.25, 0.3) is 11.3 Å². The van der Waals surface area contributed by atoms with Gasteiger partial charge in [-0.25, -0.2) is 0 Å². The fourth-order valence-electron chi connectivity index (χ4n) is 2.95. The van der Waals surface area contributed by atoms with Crippen LogP contribution in [0.5, 0.6) is 5.75 Å². The van der Waals surface area contributed by atoms with Crippen LogP contribution in [0.2, 0.25) is 5.02 Å². The predicted molar refractivity (Wildman–Crippen MR) is 114 cm³/mol. The predicted octanol–water partition coefficient (Wildman–Crippen LogP) is 6.01. The van der Waals surface area contributed by atoms with E-state index in [0.717, 1.165) is 24.1 Å². The second kappa shape index (κ2) is 9.38. The smallest absolute Gasteiger partial charge is 0.255 e. The summed E-state index contributed by atoms with van der Waals surface area (Å²) < 4.78 is 5.47. The third-order valence-corrected chi connectivity index (χ3v) is 4.81. The summed E-state index contributed by atoms with van der Waals surface area (Å²) in [5.74, 6) is 0.349. The number of benzene rings is 2. The lowest BCUT2D eigenvalue weighted by Crippen LogP contribution is -2.12. The molecule has 3 aromatic rings. The van der Waals surface area contributed by atoms with Crippen LogP contribution in [-0.2, 0) is 6.42 Å². The summed E-state index contributed by atoms with van der Waals surface area (Å²) in [7, 11) is 1.56. The quantitative estimate of drug-likeness (QED) is 0.534. The Morgan fingerprint density at radius 2 is 1.93 bits per heavy atom. The van der Waals surface area contributed by atoms with Crippen molar-refractivity contribution in [2.45, 2.75) is 26.2 Å². The molecule has 2 aromatic carbocycles. The van der Waals surface area contributed by atoms with Crippen LogP contribution >= 0.6 is 11.6 Å². The summed E-state index contributed by atoms with van der Waals surface area (Å²) >= 11 is 6.24. The SMILES string of the molecule is CCCCc1ccc(NC(=O)c2ccc(-c3ncccc3Cl)c(OC)c2)cc1. The van der Waals surface area contributed by atoms with Gasteiger partial charge >= 0.3 is 0 Å². The minimum absolute atomic E-state index is 0.196. The number of halogens is 1. The Balaban J connectivity index is 1.78. The number of methoxy groups -OCH3 is 1. The average molecular weight is 395 g/mol. The first kappa shape index (κ1) is 19.9. The molecule has 4 nitrogen and oxygen atoms in total. The maximum atomic E-state index is 12.6. The lowest BCUT2D eigenvalue weighted by Gasteiger charge is -2.12. The number of unbranched alkanes of at least 4 members (excludes halogenated alkanes) is 1. The minimum atomic E-state index is -0.196. The molecule has 0 aliphatic rings. The summed E-state index contributed by atoms with van der Waals surface area (Å²) in [6, 6.07) is 16.8. The summed E-state index contributed by atoms with van der Waals surface area (Å²) in [6.07, 6.45) is 5.06. The normalized spacial score (nSPS) is 10.5. The highest BCUT2D eigenvalue weighted by molar-refractivity contribution is 6.33. The van der Waals surface area contributed by atoms with Gasteiger partial charge in [0.1, 0.15) is 5.75 Å². The Morgan fingerprint density at radius 3 is 2.61 bits per heavy atom. The van der Waals surface area contributed by atoms with Crippen molar-refractivity contribution in [3.05, 3.63) is 76.9 Å². The van der Waals surface area contributed by atoms with Crippen LogP contribution in [0.15, 0.2) is 60.8 Å². The number of carbonyl (C=O) groups is 1. The van der Waals surface area contributed by atoms with Crippen molar-refractivity contribution in [2.24, 2.45) is 0 Å². The lowest BCUT2D eigenvalue weighted by molar-refractivity contribution is 0.102. The van der Waals surface area contributed by atoms with Gasteiger partial charge in [0, 0.05) is 23.0 Å². The van der Waals surface area contributed by atoms with Crippen LogP contribution < -0.4 is 10.1 Å². The van der Waals surface area contributed by atoms with E-state index < -0.39 is 0 Å². The largest absolute Gasteiger partial charge is 0.496 e. The minimum Gasteiger partial charge on any atom is -0.496 e. The van der Waals surface area contributed by atoms with E-state index in [1.807, 2.05) is 12.1 Å². The van der Waals surface area contributed by atoms with Gasteiger partial charge in [-0.3, -0.25) is 9.78 Å². The lowest BCUT2D eigenvalue weighted by atomic mass is 10.1. The molecule has 0 aliphatic carbocycles. The average Bonchev–Trinajstić information content (AvgIpc) is 2.73. The van der Waals surface area contributed by atoms with Gasteiger partial charge in [0.2, 0.25) is 0 Å². The summed E-state index contributed by atoms with van der Waals surface area (Å²) in [4.78, 5) is 17.0. The van der Waals surface area contributed by atoms with Crippen LogP contribution in [-0.4, -0.2) is 18.0 Å². The molecule has 3 rings (SSSR count). The highest BCUT2D eigenvalue weighted by Crippen LogP contribution is 2.33. The van der Waals surface area contributed by atoms with Crippen LogP contribution in [0.1, 0.15) is 35.7 Å². The number of nitrogens with zero attached hydrogens (tertiary/aromatic N) is 1. The van der Waals surface area contributed by atoms with Crippen molar-refractivity contribution in [1.82, 2.24) is 4.98 Å². The number of anilines is 1. The number of rotatable bonds is 7. The van der Waals surface area contributed by atoms with Crippen LogP contribution in [0.4, 0.5) is 5.69 Å². The Kier molecular flexibility index (Phi) is 6.66. The van der Waals surface area contributed by atoms with Gasteiger partial charge in [-0.1, -0.05) is 37.1 Å². The van der Waals surface area contributed by atoms with E-state index in [2.05, 4.69) is 29.4 Å². The molecular weight excluding hydrogens is 372 g/mol. The molecule has 0 bridgehead atoms. The maximum Gasteiger partial charge on any atom is 0.255 e. The standard InChI is InChI=1S/C23H23ClN2O2/c1-3-4-6-16-8-11-18(12-9-16)26-23(27)17-10-13-19(21(15-17)28-2)22-20(24)7-5-14-25-22/h5,7-15H,3-4,6H2,1-2H3,(H,26,27). The number of pyridine rings is 1. The number of hydrogen-bond acceptors (Lipinski definition) is 3. The zero-order chi connectivity index (χ0) is 19.9. The van der Waals surface area contributed by atoms with E-state index in [1.54, 1.807) is 43.6 Å². The van der Waals surface area contributed by atoms with Crippen molar-refractivity contribution in [3.8, 4) is 17.0 Å². The molecule has 0 fully saturated rings. The Bertz CT molecular complexity index is 955. The number of nitrogens with one attached hydrogen (secondary N) is 1. The maximum absolute atomic E-state index is 12.6. The van der Waals surface area contributed by atoms with Crippen molar-refractivity contribution >= 4 is 23.2 Å². The van der Waals surface area contributed by atoms with Gasteiger partial charge in [-0.05, 0) is 60.9 Å². The third kappa shape index (κ3) is 4.70. The molecule has 1 aromatic heterocycles. The molecule has 0 saturated carbocycles. The summed E-state index contributed by atoms with van der Waals surface area (Å²) in [5, 5.41) is 3.46. The molecule has 0 atom stereocenters. The number of hydrogen-bond donors (Lipinski definition) is 1. The first-order valence-corrected chi connectivity index (χ1v) is 9.69. The Morgan fingerprint density at radius 1 is 1.14 bits per heavy atom. The third-order valence-electron chi connectivity index (χ3n) is 4.51. The molecule has 1 N–H and O–H groups in total. The first-order chi connectivity index (χ1) is 13.6. The highest BCUT2D eigenvalue weighted by atomic mass is 35.5. The van der Waals surface area contributed by atoms with Gasteiger partial charge in [0.05, 0.1) is 17.8 Å². The number of ether oxygens (including phenoxy) is 1. The molecule has 0 unspecified atom stereocenters. The van der Waals surface area contributed by atoms with E-state index in [0.29, 0.717) is 22.0 Å². The summed E-state index contributed by atoms with van der Waals surface area (Å²) in [6.45, 7) is 2.18. The van der Waals surface area contributed by atoms with Gasteiger partial charge < -0.3 is 10.1 Å². The van der Waals surface area contributed by atoms with E-state index in [1.165, 1.54) is 12.0 Å². The molecular formula is C23H23ClN2O2. The number of aryl methyl sites for hydroxylation is 1. The number of amides is 1. The van der Waals surface area contributed by atoms with Crippen molar-refractivity contribution in [2.75, 3.05) is 12.4 Å². The van der Waals surface area contributed by atoms with E-state index in [9.17, 15) is 4.79 Å². The second-order valence-electron chi connectivity index (χ2n) is 6.50. The number of aromatic nitrogens is 1. The fourth-order valence-corrected chi connectivity index (χ4v) is 3.17. The molecule has 0 spiro atoms. The van der Waals surface area contributed by atoms with E-state index >= 15 is 0 Å². The van der Waals surface area contributed by atoms with Crippen molar-refractivity contribution in [3.63, 3.8) is 0 Å². The van der Waals surface area contributed by atoms with Crippen molar-refractivity contribution in [1.29, 1.82) is 0 Å². The van der Waals surface area contributed by atoms with Crippen LogP contribution in [0.3, 0.4) is 0 Å². The molecule has 0 radical (unpaired) electrons. The molecule has 0 saturated heterocycles. The van der Waals surface area contributed by atoms with Gasteiger partial charge in [0.15, 0.2) is 0 Å². The first-order valence-electron chi connectivity index (χ1n) is 9.31. The monoisotopic (exact) mass is 394 g/mol. The van der Waals surface area contributed by atoms with Gasteiger partial charge in [-0.2, -0.15) is 0 Å². The molecule has 144 valence electrons. The van der Waals surface area contributed by atoms with Crippen LogP contribution in [0, 0.1) is 0 Å². The molecule has 5 heteroatoms. The van der Waals surface area contributed by atoms with E-state index in [4.69, 9.17) is 16.3 Å².